The first-order chi connectivity index (χ1) is 16.1. The van der Waals surface area contributed by atoms with E-state index in [0.717, 1.165) is 18.4 Å². The van der Waals surface area contributed by atoms with E-state index >= 15 is 0 Å². The van der Waals surface area contributed by atoms with Gasteiger partial charge in [-0.3, -0.25) is 25.2 Å². The number of hydrogen-bond donors (Lipinski definition) is 3. The van der Waals surface area contributed by atoms with Crippen molar-refractivity contribution in [1.29, 1.82) is 0 Å². The molecule has 180 valence electrons. The highest BCUT2D eigenvalue weighted by Gasteiger charge is 2.32. The minimum absolute atomic E-state index is 0.00351. The van der Waals surface area contributed by atoms with Crippen molar-refractivity contribution in [2.75, 3.05) is 5.32 Å². The molecule has 3 N–H and O–H groups in total. The maximum Gasteiger partial charge on any atom is 0.269 e. The maximum absolute atomic E-state index is 12.5. The van der Waals surface area contributed by atoms with Crippen LogP contribution in [0.4, 0.5) is 5.69 Å². The first-order valence-corrected chi connectivity index (χ1v) is 11.4. The molecule has 2 aromatic rings. The highest BCUT2D eigenvalue weighted by Crippen LogP contribution is 2.29. The minimum Gasteiger partial charge on any atom is -0.550 e. The van der Waals surface area contributed by atoms with Gasteiger partial charge >= 0.3 is 0 Å². The number of hydrazine groups is 1. The van der Waals surface area contributed by atoms with Crippen molar-refractivity contribution in [2.24, 2.45) is 11.8 Å². The first-order valence-electron chi connectivity index (χ1n) is 11.4. The highest BCUT2D eigenvalue weighted by molar-refractivity contribution is 6.04. The van der Waals surface area contributed by atoms with Crippen LogP contribution < -0.4 is 21.3 Å². The second kappa shape index (κ2) is 10.5. The van der Waals surface area contributed by atoms with Crippen LogP contribution in [0.25, 0.3) is 0 Å². The Morgan fingerprint density at radius 1 is 0.765 bits per heavy atom. The fourth-order valence-corrected chi connectivity index (χ4v) is 4.04. The van der Waals surface area contributed by atoms with E-state index in [-0.39, 0.29) is 16.9 Å². The number of benzene rings is 2. The summed E-state index contributed by atoms with van der Waals surface area (Å²) in [6.07, 6.45) is 2.32. The second-order valence-corrected chi connectivity index (χ2v) is 9.62. The maximum atomic E-state index is 12.5. The summed E-state index contributed by atoms with van der Waals surface area (Å²) >= 11 is 0. The minimum atomic E-state index is -1.24. The largest absolute Gasteiger partial charge is 0.550 e. The summed E-state index contributed by atoms with van der Waals surface area (Å²) in [7, 11) is 0. The average Bonchev–Trinajstić information content (AvgIpc) is 2.82. The van der Waals surface area contributed by atoms with Crippen LogP contribution in [-0.2, 0) is 15.0 Å². The van der Waals surface area contributed by atoms with E-state index in [0.29, 0.717) is 24.1 Å². The molecule has 8 heteroatoms. The number of anilines is 1. The molecule has 34 heavy (non-hydrogen) atoms. The average molecular weight is 465 g/mol. The lowest BCUT2D eigenvalue weighted by Gasteiger charge is -2.31. The standard InChI is InChI=1S/C26H31N3O5/c1-26(2,3)18-12-8-16(9-13-18)22(30)27-19-14-10-17(11-15-19)23(31)28-29-24(32)20-6-4-5-7-21(20)25(33)34/h8-15,20-21H,4-7H2,1-3H3,(H,27,30)(H,28,31)(H,29,32)(H,33,34)/p-1/t20-,21+/m1/s1. The predicted molar refractivity (Wildman–Crippen MR) is 126 cm³/mol. The number of aliphatic carboxylic acids is 1. The smallest absolute Gasteiger partial charge is 0.269 e. The quantitative estimate of drug-likeness (QED) is 0.586. The third-order valence-electron chi connectivity index (χ3n) is 6.12. The first kappa shape index (κ1) is 25.0. The molecular weight excluding hydrogens is 434 g/mol. The molecule has 2 aromatic carbocycles. The Labute approximate surface area is 199 Å². The van der Waals surface area contributed by atoms with E-state index in [1.165, 1.54) is 12.1 Å². The van der Waals surface area contributed by atoms with Crippen LogP contribution in [0.1, 0.15) is 72.7 Å². The lowest BCUT2D eigenvalue weighted by atomic mass is 9.79. The Bertz CT molecular complexity index is 1060. The number of carbonyl (C=O) groups excluding carboxylic acids is 4. The second-order valence-electron chi connectivity index (χ2n) is 9.62. The van der Waals surface area contributed by atoms with E-state index in [4.69, 9.17) is 0 Å². The van der Waals surface area contributed by atoms with E-state index in [2.05, 4.69) is 36.9 Å². The van der Waals surface area contributed by atoms with Gasteiger partial charge in [0.15, 0.2) is 0 Å². The molecule has 0 bridgehead atoms. The zero-order valence-electron chi connectivity index (χ0n) is 19.6. The number of carboxylic acids is 1. The molecule has 3 rings (SSSR count). The van der Waals surface area contributed by atoms with Gasteiger partial charge in [0.25, 0.3) is 11.8 Å². The Hall–Kier alpha value is -3.68. The fourth-order valence-electron chi connectivity index (χ4n) is 4.04. The summed E-state index contributed by atoms with van der Waals surface area (Å²) in [5.74, 6) is -4.17. The van der Waals surface area contributed by atoms with Crippen LogP contribution in [0.2, 0.25) is 0 Å². The molecule has 2 atom stereocenters. The van der Waals surface area contributed by atoms with Gasteiger partial charge in [0.2, 0.25) is 5.91 Å². The number of amides is 3. The third kappa shape index (κ3) is 6.21. The molecule has 1 aliphatic carbocycles. The summed E-state index contributed by atoms with van der Waals surface area (Å²) in [4.78, 5) is 48.5. The van der Waals surface area contributed by atoms with Gasteiger partial charge in [0.1, 0.15) is 0 Å². The lowest BCUT2D eigenvalue weighted by molar-refractivity contribution is -0.314. The number of rotatable bonds is 5. The number of nitrogens with one attached hydrogen (secondary N) is 3. The summed E-state index contributed by atoms with van der Waals surface area (Å²) in [5.41, 5.74) is 7.08. The molecule has 1 saturated carbocycles. The van der Waals surface area contributed by atoms with Crippen LogP contribution in [-0.4, -0.2) is 23.7 Å². The highest BCUT2D eigenvalue weighted by atomic mass is 16.4. The van der Waals surface area contributed by atoms with Crippen LogP contribution in [0.15, 0.2) is 48.5 Å². The van der Waals surface area contributed by atoms with Gasteiger partial charge in [-0.1, -0.05) is 45.7 Å². The Morgan fingerprint density at radius 2 is 1.29 bits per heavy atom. The SMILES string of the molecule is CC(C)(C)c1ccc(C(=O)Nc2ccc(C(=O)NNC(=O)[C@@H]3CCCC[C@@H]3C(=O)[O-])cc2)cc1. The van der Waals surface area contributed by atoms with Crippen LogP contribution in [0, 0.1) is 11.8 Å². The molecular formula is C26H30N3O5-. The predicted octanol–water partition coefficient (Wildman–Crippen LogP) is 2.55. The van der Waals surface area contributed by atoms with Crippen molar-refractivity contribution in [2.45, 2.75) is 51.9 Å². The van der Waals surface area contributed by atoms with Gasteiger partial charge in [0.05, 0.1) is 0 Å². The molecule has 0 unspecified atom stereocenters. The van der Waals surface area contributed by atoms with Gasteiger partial charge in [0, 0.05) is 34.6 Å². The third-order valence-corrected chi connectivity index (χ3v) is 6.12. The van der Waals surface area contributed by atoms with Crippen molar-refractivity contribution < 1.29 is 24.3 Å². The van der Waals surface area contributed by atoms with Gasteiger partial charge < -0.3 is 15.2 Å². The molecule has 0 radical (unpaired) electrons. The molecule has 0 aromatic heterocycles. The molecule has 3 amide bonds. The number of carbonyl (C=O) groups is 4. The van der Waals surface area contributed by atoms with Crippen molar-refractivity contribution in [3.63, 3.8) is 0 Å². The Balaban J connectivity index is 1.54. The van der Waals surface area contributed by atoms with Crippen molar-refractivity contribution in [1.82, 2.24) is 10.9 Å². The van der Waals surface area contributed by atoms with Crippen LogP contribution in [0.3, 0.4) is 0 Å². The molecule has 0 spiro atoms. The van der Waals surface area contributed by atoms with Crippen molar-refractivity contribution >= 4 is 29.4 Å². The summed E-state index contributed by atoms with van der Waals surface area (Å²) < 4.78 is 0. The Morgan fingerprint density at radius 3 is 1.85 bits per heavy atom. The zero-order chi connectivity index (χ0) is 24.9. The summed E-state index contributed by atoms with van der Waals surface area (Å²) in [5, 5.41) is 14.1. The van der Waals surface area contributed by atoms with E-state index in [1.54, 1.807) is 24.3 Å². The van der Waals surface area contributed by atoms with E-state index < -0.39 is 29.6 Å². The Kier molecular flexibility index (Phi) is 7.71. The van der Waals surface area contributed by atoms with Gasteiger partial charge in [-0.05, 0) is 60.2 Å². The van der Waals surface area contributed by atoms with Gasteiger partial charge in [-0.15, -0.1) is 0 Å². The topological polar surface area (TPSA) is 127 Å². The monoisotopic (exact) mass is 464 g/mol. The molecule has 0 aliphatic heterocycles. The van der Waals surface area contributed by atoms with Crippen molar-refractivity contribution in [3.05, 3.63) is 65.2 Å². The van der Waals surface area contributed by atoms with Crippen LogP contribution >= 0.6 is 0 Å². The van der Waals surface area contributed by atoms with Gasteiger partial charge in [-0.25, -0.2) is 0 Å². The summed E-state index contributed by atoms with van der Waals surface area (Å²) in [6.45, 7) is 6.31. The molecule has 1 aliphatic rings. The molecule has 1 fully saturated rings. The molecule has 8 nitrogen and oxygen atoms in total. The summed E-state index contributed by atoms with van der Waals surface area (Å²) in [6, 6.07) is 13.6. The van der Waals surface area contributed by atoms with E-state index in [9.17, 15) is 24.3 Å². The molecule has 0 heterocycles. The zero-order valence-corrected chi connectivity index (χ0v) is 19.6. The normalized spacial score (nSPS) is 18.0. The van der Waals surface area contributed by atoms with E-state index in [1.807, 2.05) is 12.1 Å². The lowest BCUT2D eigenvalue weighted by Crippen LogP contribution is -2.49. The molecule has 0 saturated heterocycles. The van der Waals surface area contributed by atoms with Crippen molar-refractivity contribution in [3.8, 4) is 0 Å². The fraction of sp³-hybridized carbons (Fsp3) is 0.385. The van der Waals surface area contributed by atoms with Gasteiger partial charge in [-0.2, -0.15) is 0 Å². The number of carboxylic acid groups (broad SMARTS) is 1. The van der Waals surface area contributed by atoms with Crippen LogP contribution in [0.5, 0.6) is 0 Å². The number of hydrogen-bond acceptors (Lipinski definition) is 5.